The van der Waals surface area contributed by atoms with Crippen LogP contribution in [0, 0.1) is 0 Å². The molecule has 12 rings (SSSR count). The van der Waals surface area contributed by atoms with Gasteiger partial charge in [0.25, 0.3) is 0 Å². The molecule has 0 saturated carbocycles. The van der Waals surface area contributed by atoms with Crippen molar-refractivity contribution < 1.29 is 0 Å². The Labute approximate surface area is 370 Å². The molecule has 0 spiro atoms. The van der Waals surface area contributed by atoms with E-state index in [0.29, 0.717) is 0 Å². The van der Waals surface area contributed by atoms with E-state index >= 15 is 0 Å². The molecule has 0 unspecified atom stereocenters. The van der Waals surface area contributed by atoms with Gasteiger partial charge >= 0.3 is 0 Å². The zero-order valence-corrected chi connectivity index (χ0v) is 35.5. The van der Waals surface area contributed by atoms with Crippen molar-refractivity contribution in [1.82, 2.24) is 0 Å². The molecule has 10 aromatic rings. The zero-order chi connectivity index (χ0) is 42.1. The Morgan fingerprint density at radius 3 is 1.60 bits per heavy atom. The van der Waals surface area contributed by atoms with Crippen molar-refractivity contribution in [2.75, 3.05) is 4.90 Å². The third-order valence-electron chi connectivity index (χ3n) is 13.9. The van der Waals surface area contributed by atoms with Crippen LogP contribution in [0.1, 0.15) is 47.2 Å². The van der Waals surface area contributed by atoms with Crippen molar-refractivity contribution in [1.29, 1.82) is 0 Å². The number of hydrogen-bond donors (Lipinski definition) is 0. The summed E-state index contributed by atoms with van der Waals surface area (Å²) in [6, 6.07) is 87.7. The smallest absolute Gasteiger partial charge is 0.0713 e. The molecule has 0 aromatic heterocycles. The van der Waals surface area contributed by atoms with Gasteiger partial charge < -0.3 is 4.90 Å². The maximum Gasteiger partial charge on any atom is 0.0713 e. The summed E-state index contributed by atoms with van der Waals surface area (Å²) >= 11 is 0. The first-order valence-corrected chi connectivity index (χ1v) is 22.1. The molecule has 10 aromatic carbocycles. The SMILES string of the molecule is CC1(C)c2ccccc2-c2c(N(c3ccc4ccccc4c3)c3ccccc3-c3cccc(-c4ccc(C5(c6ccccc6)c6ccccc6-c6ccccc65)cc4)c3)cccc21. The van der Waals surface area contributed by atoms with Crippen molar-refractivity contribution in [2.45, 2.75) is 24.7 Å². The Hall–Kier alpha value is -7.74. The van der Waals surface area contributed by atoms with Gasteiger partial charge in [0.2, 0.25) is 0 Å². The molecule has 0 amide bonds. The van der Waals surface area contributed by atoms with Crippen LogP contribution in [0.25, 0.3) is 55.3 Å². The van der Waals surface area contributed by atoms with Gasteiger partial charge in [0.15, 0.2) is 0 Å². The van der Waals surface area contributed by atoms with Crippen molar-refractivity contribution in [3.05, 3.63) is 270 Å². The van der Waals surface area contributed by atoms with Crippen LogP contribution in [-0.2, 0) is 10.8 Å². The highest BCUT2D eigenvalue weighted by Gasteiger charge is 2.46. The Balaban J connectivity index is 0.999. The van der Waals surface area contributed by atoms with E-state index in [2.05, 4.69) is 255 Å². The maximum atomic E-state index is 2.50. The van der Waals surface area contributed by atoms with Crippen LogP contribution in [0.5, 0.6) is 0 Å². The highest BCUT2D eigenvalue weighted by atomic mass is 15.1. The van der Waals surface area contributed by atoms with Crippen LogP contribution in [0.2, 0.25) is 0 Å². The van der Waals surface area contributed by atoms with Crippen molar-refractivity contribution >= 4 is 27.8 Å². The van der Waals surface area contributed by atoms with Gasteiger partial charge in [-0.1, -0.05) is 220 Å². The maximum absolute atomic E-state index is 2.50. The molecule has 0 saturated heterocycles. The second-order valence-corrected chi connectivity index (χ2v) is 17.6. The molecule has 2 aliphatic carbocycles. The van der Waals surface area contributed by atoms with Gasteiger partial charge in [-0.2, -0.15) is 0 Å². The van der Waals surface area contributed by atoms with E-state index in [4.69, 9.17) is 0 Å². The molecule has 0 radical (unpaired) electrons. The summed E-state index contributed by atoms with van der Waals surface area (Å²) in [5, 5.41) is 2.45. The standard InChI is InChI=1S/C62H45N/c1-61(2)54-28-12-10-27-53(54)60-57(61)31-17-33-59(60)63(49-39-36-42-18-6-7-19-45(42)41-49)58-32-15-11-24-50(58)46-21-16-20-44(40-46)43-34-37-48(38-35-43)62(47-22-4-3-5-23-47)55-29-13-8-25-51(55)52-26-9-14-30-56(52)62/h3-41H,1-2H3. The summed E-state index contributed by atoms with van der Waals surface area (Å²) in [4.78, 5) is 2.50. The van der Waals surface area contributed by atoms with Gasteiger partial charge in [-0.25, -0.2) is 0 Å². The third kappa shape index (κ3) is 5.63. The molecule has 298 valence electrons. The predicted octanol–water partition coefficient (Wildman–Crippen LogP) is 16.3. The summed E-state index contributed by atoms with van der Waals surface area (Å²) in [7, 11) is 0. The first-order valence-electron chi connectivity index (χ1n) is 22.1. The van der Waals surface area contributed by atoms with E-state index in [1.165, 1.54) is 94.3 Å². The molecule has 0 aliphatic heterocycles. The van der Waals surface area contributed by atoms with Crippen LogP contribution in [0.3, 0.4) is 0 Å². The van der Waals surface area contributed by atoms with Gasteiger partial charge in [-0.3, -0.25) is 0 Å². The van der Waals surface area contributed by atoms with Crippen LogP contribution in [0.4, 0.5) is 17.1 Å². The van der Waals surface area contributed by atoms with Crippen LogP contribution in [-0.4, -0.2) is 0 Å². The molecule has 0 heterocycles. The topological polar surface area (TPSA) is 3.24 Å². The molecule has 0 bridgehead atoms. The number of anilines is 3. The lowest BCUT2D eigenvalue weighted by Gasteiger charge is -2.34. The van der Waals surface area contributed by atoms with Crippen LogP contribution in [0.15, 0.2) is 237 Å². The van der Waals surface area contributed by atoms with Crippen LogP contribution < -0.4 is 4.90 Å². The quantitative estimate of drug-likeness (QED) is 0.155. The number of rotatable bonds is 7. The van der Waals surface area contributed by atoms with Crippen molar-refractivity contribution in [2.24, 2.45) is 0 Å². The average molecular weight is 804 g/mol. The number of hydrogen-bond acceptors (Lipinski definition) is 1. The molecule has 2 aliphatic rings. The lowest BCUT2D eigenvalue weighted by molar-refractivity contribution is 0.660. The van der Waals surface area contributed by atoms with Gasteiger partial charge in [-0.05, 0) is 108 Å². The van der Waals surface area contributed by atoms with Gasteiger partial charge in [0.05, 0.1) is 16.8 Å². The van der Waals surface area contributed by atoms with E-state index < -0.39 is 5.41 Å². The van der Waals surface area contributed by atoms with E-state index in [-0.39, 0.29) is 5.41 Å². The Morgan fingerprint density at radius 2 is 0.857 bits per heavy atom. The number of benzene rings is 10. The summed E-state index contributed by atoms with van der Waals surface area (Å²) in [5.41, 5.74) is 20.8. The summed E-state index contributed by atoms with van der Waals surface area (Å²) in [6.07, 6.45) is 0. The second-order valence-electron chi connectivity index (χ2n) is 17.6. The van der Waals surface area contributed by atoms with E-state index in [1.54, 1.807) is 0 Å². The molecule has 0 fully saturated rings. The normalized spacial score (nSPS) is 13.8. The molecule has 63 heavy (non-hydrogen) atoms. The average Bonchev–Trinajstić information content (AvgIpc) is 3.78. The Kier molecular flexibility index (Phi) is 8.49. The van der Waals surface area contributed by atoms with E-state index in [0.717, 1.165) is 11.4 Å². The monoisotopic (exact) mass is 803 g/mol. The molecule has 1 heteroatoms. The van der Waals surface area contributed by atoms with Gasteiger partial charge in [-0.15, -0.1) is 0 Å². The predicted molar refractivity (Wildman–Crippen MR) is 264 cm³/mol. The van der Waals surface area contributed by atoms with Gasteiger partial charge in [0, 0.05) is 22.2 Å². The number of fused-ring (bicyclic) bond motifs is 7. The fourth-order valence-corrected chi connectivity index (χ4v) is 11.0. The van der Waals surface area contributed by atoms with Crippen molar-refractivity contribution in [3.63, 3.8) is 0 Å². The lowest BCUT2D eigenvalue weighted by Crippen LogP contribution is -2.28. The molecule has 0 N–H and O–H groups in total. The summed E-state index contributed by atoms with van der Waals surface area (Å²) in [6.45, 7) is 4.72. The minimum atomic E-state index is -0.423. The molecule has 0 atom stereocenters. The first-order chi connectivity index (χ1) is 31.0. The highest BCUT2D eigenvalue weighted by Crippen LogP contribution is 2.57. The fourth-order valence-electron chi connectivity index (χ4n) is 11.0. The van der Waals surface area contributed by atoms with E-state index in [1.807, 2.05) is 0 Å². The molecular weight excluding hydrogens is 759 g/mol. The molecule has 1 nitrogen and oxygen atoms in total. The number of nitrogens with zero attached hydrogens (tertiary/aromatic N) is 1. The Morgan fingerprint density at radius 1 is 0.317 bits per heavy atom. The second kappa shape index (κ2) is 14.4. The zero-order valence-electron chi connectivity index (χ0n) is 35.5. The van der Waals surface area contributed by atoms with E-state index in [9.17, 15) is 0 Å². The largest absolute Gasteiger partial charge is 0.309 e. The molecular formula is C62H45N. The minimum absolute atomic E-state index is 0.119. The summed E-state index contributed by atoms with van der Waals surface area (Å²) in [5.74, 6) is 0. The van der Waals surface area contributed by atoms with Crippen molar-refractivity contribution in [3.8, 4) is 44.5 Å². The highest BCUT2D eigenvalue weighted by molar-refractivity contribution is 5.99. The van der Waals surface area contributed by atoms with Crippen LogP contribution >= 0.6 is 0 Å². The summed E-state index contributed by atoms with van der Waals surface area (Å²) < 4.78 is 0. The third-order valence-corrected chi connectivity index (χ3v) is 13.9. The minimum Gasteiger partial charge on any atom is -0.309 e. The number of para-hydroxylation sites is 1. The Bertz CT molecular complexity index is 3330. The van der Waals surface area contributed by atoms with Gasteiger partial charge in [0.1, 0.15) is 0 Å². The fraction of sp³-hybridized carbons (Fsp3) is 0.0645. The first kappa shape index (κ1) is 37.1. The lowest BCUT2D eigenvalue weighted by atomic mass is 9.67.